The molecule has 0 spiro atoms. The first-order valence-corrected chi connectivity index (χ1v) is 5.31. The lowest BCUT2D eigenvalue weighted by Crippen LogP contribution is -2.44. The molecule has 0 bridgehead atoms. The van der Waals surface area contributed by atoms with Crippen molar-refractivity contribution in [3.63, 3.8) is 0 Å². The minimum atomic E-state index is 0.352. The third-order valence-corrected chi connectivity index (χ3v) is 3.22. The Hall–Kier alpha value is -0.860. The van der Waals surface area contributed by atoms with E-state index >= 15 is 0 Å². The maximum atomic E-state index is 5.93. The zero-order valence-electron chi connectivity index (χ0n) is 8.36. The molecule has 1 N–H and O–H groups in total. The van der Waals surface area contributed by atoms with E-state index in [9.17, 15) is 0 Å². The summed E-state index contributed by atoms with van der Waals surface area (Å²) in [4.78, 5) is 0. The highest BCUT2D eigenvalue weighted by Gasteiger charge is 2.36. The van der Waals surface area contributed by atoms with E-state index in [4.69, 9.17) is 4.74 Å². The Labute approximate surface area is 84.3 Å². The first kappa shape index (κ1) is 8.45. The summed E-state index contributed by atoms with van der Waals surface area (Å²) in [5, 5.41) is 3.56. The van der Waals surface area contributed by atoms with Gasteiger partial charge in [-0.25, -0.2) is 0 Å². The van der Waals surface area contributed by atoms with E-state index < -0.39 is 0 Å². The number of fused-ring (bicyclic) bond motifs is 3. The molecular formula is C12H15NO. The fourth-order valence-corrected chi connectivity index (χ4v) is 2.57. The number of rotatable bonds is 0. The van der Waals surface area contributed by atoms with E-state index in [1.807, 2.05) is 0 Å². The molecule has 0 radical (unpaired) electrons. The van der Waals surface area contributed by atoms with Crippen molar-refractivity contribution in [3.05, 3.63) is 35.4 Å². The van der Waals surface area contributed by atoms with Gasteiger partial charge in [0.25, 0.3) is 0 Å². The van der Waals surface area contributed by atoms with E-state index in [1.165, 1.54) is 11.1 Å². The van der Waals surface area contributed by atoms with Crippen LogP contribution in [0.5, 0.6) is 0 Å². The van der Waals surface area contributed by atoms with Crippen LogP contribution in [0, 0.1) is 0 Å². The maximum absolute atomic E-state index is 5.93. The van der Waals surface area contributed by atoms with Crippen LogP contribution < -0.4 is 5.32 Å². The number of morpholine rings is 1. The Kier molecular flexibility index (Phi) is 1.85. The second-order valence-electron chi connectivity index (χ2n) is 4.27. The van der Waals surface area contributed by atoms with Crippen LogP contribution in [0.4, 0.5) is 0 Å². The fourth-order valence-electron chi connectivity index (χ4n) is 2.57. The summed E-state index contributed by atoms with van der Waals surface area (Å²) in [6.07, 6.45) is 1.78. The average molecular weight is 189 g/mol. The summed E-state index contributed by atoms with van der Waals surface area (Å²) in [5.41, 5.74) is 2.88. The molecule has 2 nitrogen and oxygen atoms in total. The zero-order valence-corrected chi connectivity index (χ0v) is 8.36. The van der Waals surface area contributed by atoms with Gasteiger partial charge in [-0.15, -0.1) is 0 Å². The second-order valence-corrected chi connectivity index (χ2v) is 4.27. The van der Waals surface area contributed by atoms with Gasteiger partial charge in [0.1, 0.15) is 0 Å². The lowest BCUT2D eigenvalue weighted by molar-refractivity contribution is -0.0468. The zero-order chi connectivity index (χ0) is 9.54. The van der Waals surface area contributed by atoms with Crippen LogP contribution in [-0.4, -0.2) is 18.8 Å². The predicted octanol–water partition coefficient (Wildman–Crippen LogP) is 1.66. The van der Waals surface area contributed by atoms with E-state index in [2.05, 4.69) is 36.5 Å². The average Bonchev–Trinajstić information content (AvgIpc) is 2.54. The molecule has 1 aromatic rings. The molecule has 3 atom stereocenters. The molecule has 1 fully saturated rings. The highest BCUT2D eigenvalue weighted by molar-refractivity contribution is 5.36. The quantitative estimate of drug-likeness (QED) is 0.670. The van der Waals surface area contributed by atoms with Gasteiger partial charge in [-0.2, -0.15) is 0 Å². The van der Waals surface area contributed by atoms with Crippen molar-refractivity contribution in [2.45, 2.75) is 31.6 Å². The van der Waals surface area contributed by atoms with Crippen LogP contribution in [0.25, 0.3) is 0 Å². The van der Waals surface area contributed by atoms with Crippen LogP contribution in [0.1, 0.15) is 24.1 Å². The van der Waals surface area contributed by atoms with Gasteiger partial charge in [-0.3, -0.25) is 0 Å². The van der Waals surface area contributed by atoms with Crippen molar-refractivity contribution in [2.24, 2.45) is 0 Å². The van der Waals surface area contributed by atoms with Gasteiger partial charge in [0.15, 0.2) is 0 Å². The predicted molar refractivity (Wildman–Crippen MR) is 55.2 cm³/mol. The Balaban J connectivity index is 1.94. The molecule has 0 amide bonds. The van der Waals surface area contributed by atoms with Gasteiger partial charge in [-0.05, 0) is 18.1 Å². The third-order valence-electron chi connectivity index (χ3n) is 3.22. The Morgan fingerprint density at radius 2 is 2.21 bits per heavy atom. The third kappa shape index (κ3) is 1.18. The van der Waals surface area contributed by atoms with Crippen molar-refractivity contribution in [1.82, 2.24) is 5.32 Å². The molecule has 2 heteroatoms. The largest absolute Gasteiger partial charge is 0.372 e. The minimum Gasteiger partial charge on any atom is -0.372 e. The van der Waals surface area contributed by atoms with Crippen LogP contribution in [0.2, 0.25) is 0 Å². The van der Waals surface area contributed by atoms with Crippen LogP contribution >= 0.6 is 0 Å². The second kappa shape index (κ2) is 3.07. The Morgan fingerprint density at radius 1 is 1.36 bits per heavy atom. The molecule has 1 unspecified atom stereocenters. The number of hydrogen-bond donors (Lipinski definition) is 1. The monoisotopic (exact) mass is 189 g/mol. The van der Waals surface area contributed by atoms with Gasteiger partial charge in [-0.1, -0.05) is 24.3 Å². The first-order valence-electron chi connectivity index (χ1n) is 5.31. The Bertz CT molecular complexity index is 350. The molecule has 74 valence electrons. The number of ether oxygens (including phenoxy) is 1. The van der Waals surface area contributed by atoms with Crippen molar-refractivity contribution in [3.8, 4) is 0 Å². The highest BCUT2D eigenvalue weighted by Crippen LogP contribution is 2.35. The lowest BCUT2D eigenvalue weighted by atomic mass is 10.1. The highest BCUT2D eigenvalue weighted by atomic mass is 16.5. The van der Waals surface area contributed by atoms with Crippen molar-refractivity contribution in [1.29, 1.82) is 0 Å². The molecule has 0 aromatic heterocycles. The van der Waals surface area contributed by atoms with Crippen LogP contribution in [0.15, 0.2) is 24.3 Å². The Morgan fingerprint density at radius 3 is 3.14 bits per heavy atom. The van der Waals surface area contributed by atoms with Crippen molar-refractivity contribution >= 4 is 0 Å². The van der Waals surface area contributed by atoms with Gasteiger partial charge < -0.3 is 10.1 Å². The first-order chi connectivity index (χ1) is 6.84. The molecule has 14 heavy (non-hydrogen) atoms. The molecular weight excluding hydrogens is 174 g/mol. The van der Waals surface area contributed by atoms with Crippen molar-refractivity contribution < 1.29 is 4.74 Å². The summed E-state index contributed by atoms with van der Waals surface area (Å²) >= 11 is 0. The summed E-state index contributed by atoms with van der Waals surface area (Å²) in [7, 11) is 0. The van der Waals surface area contributed by atoms with E-state index in [0.717, 1.165) is 13.0 Å². The van der Waals surface area contributed by atoms with E-state index in [0.29, 0.717) is 18.2 Å². The summed E-state index contributed by atoms with van der Waals surface area (Å²) in [6, 6.07) is 9.08. The van der Waals surface area contributed by atoms with Crippen LogP contribution in [0.3, 0.4) is 0 Å². The number of benzene rings is 1. The van der Waals surface area contributed by atoms with E-state index in [-0.39, 0.29) is 0 Å². The van der Waals surface area contributed by atoms with Crippen LogP contribution in [-0.2, 0) is 11.2 Å². The molecule has 1 heterocycles. The van der Waals surface area contributed by atoms with Gasteiger partial charge in [0.05, 0.1) is 18.2 Å². The number of hydrogen-bond acceptors (Lipinski definition) is 2. The van der Waals surface area contributed by atoms with Gasteiger partial charge in [0.2, 0.25) is 0 Å². The number of nitrogens with one attached hydrogen (secondary N) is 1. The molecule has 1 aromatic carbocycles. The van der Waals surface area contributed by atoms with Crippen molar-refractivity contribution in [2.75, 3.05) is 6.54 Å². The molecule has 1 aliphatic heterocycles. The molecule has 2 aliphatic rings. The summed E-state index contributed by atoms with van der Waals surface area (Å²) in [5.74, 6) is 0. The molecule has 3 rings (SSSR count). The maximum Gasteiger partial charge on any atom is 0.0814 e. The summed E-state index contributed by atoms with van der Waals surface area (Å²) < 4.78 is 5.93. The van der Waals surface area contributed by atoms with Gasteiger partial charge in [0, 0.05) is 13.0 Å². The SMILES string of the molecule is CC1CN[C@H]2c3ccccc3C[C@H]2O1. The summed E-state index contributed by atoms with van der Waals surface area (Å²) in [6.45, 7) is 3.10. The normalized spacial score (nSPS) is 35.1. The standard InChI is InChI=1S/C12H15NO/c1-8-7-13-12-10-5-3-2-4-9(10)6-11(12)14-8/h2-5,8,11-13H,6-7H2,1H3/t8?,11-,12+/m1/s1. The minimum absolute atomic E-state index is 0.352. The topological polar surface area (TPSA) is 21.3 Å². The molecule has 1 saturated heterocycles. The lowest BCUT2D eigenvalue weighted by Gasteiger charge is -2.32. The molecule has 1 aliphatic carbocycles. The smallest absolute Gasteiger partial charge is 0.0814 e. The molecule has 0 saturated carbocycles. The van der Waals surface area contributed by atoms with Gasteiger partial charge >= 0.3 is 0 Å². The fraction of sp³-hybridized carbons (Fsp3) is 0.500. The van der Waals surface area contributed by atoms with E-state index in [1.54, 1.807) is 0 Å².